The second-order valence-corrected chi connectivity index (χ2v) is 5.78. The normalized spacial score (nSPS) is 18.1. The fraction of sp³-hybridized carbons (Fsp3) is 0.600. The molecule has 5 heteroatoms. The zero-order valence-electron chi connectivity index (χ0n) is 12.3. The molecule has 0 radical (unpaired) electrons. The summed E-state index contributed by atoms with van der Waals surface area (Å²) in [4.78, 5) is 18.1. The zero-order chi connectivity index (χ0) is 14.8. The molecule has 2 rings (SSSR count). The summed E-state index contributed by atoms with van der Waals surface area (Å²) in [6.45, 7) is 8.23. The Morgan fingerprint density at radius 3 is 2.85 bits per heavy atom. The lowest BCUT2D eigenvalue weighted by Crippen LogP contribution is -2.53. The maximum atomic E-state index is 11.3. The quantitative estimate of drug-likeness (QED) is 0.916. The second-order valence-electron chi connectivity index (χ2n) is 5.78. The SMILES string of the molecule is CCCc1cc(C(=O)O)cc(N2CCOCC2(C)C)n1. The number of hydrogen-bond acceptors (Lipinski definition) is 4. The summed E-state index contributed by atoms with van der Waals surface area (Å²) < 4.78 is 5.51. The van der Waals surface area contributed by atoms with Crippen molar-refractivity contribution in [2.24, 2.45) is 0 Å². The number of carboxylic acid groups (broad SMARTS) is 1. The number of aromatic nitrogens is 1. The first-order chi connectivity index (χ1) is 9.44. The van der Waals surface area contributed by atoms with Gasteiger partial charge in [0.15, 0.2) is 0 Å². The minimum atomic E-state index is -0.905. The van der Waals surface area contributed by atoms with Crippen LogP contribution in [0.15, 0.2) is 12.1 Å². The minimum absolute atomic E-state index is 0.175. The van der Waals surface area contributed by atoms with Crippen LogP contribution in [0, 0.1) is 0 Å². The molecule has 1 saturated heterocycles. The van der Waals surface area contributed by atoms with Crippen LogP contribution in [0.1, 0.15) is 43.2 Å². The monoisotopic (exact) mass is 278 g/mol. The number of aromatic carboxylic acids is 1. The molecule has 1 fully saturated rings. The third-order valence-corrected chi connectivity index (χ3v) is 3.54. The van der Waals surface area contributed by atoms with Crippen molar-refractivity contribution in [3.63, 3.8) is 0 Å². The Kier molecular flexibility index (Phi) is 4.28. The van der Waals surface area contributed by atoms with Gasteiger partial charge < -0.3 is 14.7 Å². The molecular formula is C15H22N2O3. The average Bonchev–Trinajstić information content (AvgIpc) is 2.38. The van der Waals surface area contributed by atoms with Gasteiger partial charge in [-0.15, -0.1) is 0 Å². The molecule has 0 atom stereocenters. The predicted octanol–water partition coefficient (Wildman–Crippen LogP) is 2.35. The highest BCUT2D eigenvalue weighted by molar-refractivity contribution is 5.88. The number of ether oxygens (including phenoxy) is 1. The molecule has 5 nitrogen and oxygen atoms in total. The van der Waals surface area contributed by atoms with Crippen molar-refractivity contribution < 1.29 is 14.6 Å². The van der Waals surface area contributed by atoms with Gasteiger partial charge in [-0.3, -0.25) is 0 Å². The van der Waals surface area contributed by atoms with E-state index in [-0.39, 0.29) is 5.54 Å². The molecule has 1 aromatic heterocycles. The number of aryl methyl sites for hydroxylation is 1. The van der Waals surface area contributed by atoms with E-state index in [0.29, 0.717) is 18.8 Å². The van der Waals surface area contributed by atoms with Crippen molar-refractivity contribution in [2.75, 3.05) is 24.7 Å². The third kappa shape index (κ3) is 3.10. The number of hydrogen-bond donors (Lipinski definition) is 1. The molecule has 1 aromatic rings. The van der Waals surface area contributed by atoms with Gasteiger partial charge in [-0.25, -0.2) is 9.78 Å². The molecule has 1 aliphatic heterocycles. The van der Waals surface area contributed by atoms with Crippen LogP contribution in [0.2, 0.25) is 0 Å². The van der Waals surface area contributed by atoms with Crippen LogP contribution in [0.3, 0.4) is 0 Å². The van der Waals surface area contributed by atoms with Crippen LogP contribution in [0.25, 0.3) is 0 Å². The molecule has 1 N–H and O–H groups in total. The topological polar surface area (TPSA) is 62.7 Å². The average molecular weight is 278 g/mol. The Hall–Kier alpha value is -1.62. The number of pyridine rings is 1. The van der Waals surface area contributed by atoms with Crippen molar-refractivity contribution in [3.05, 3.63) is 23.4 Å². The predicted molar refractivity (Wildman–Crippen MR) is 77.4 cm³/mol. The zero-order valence-corrected chi connectivity index (χ0v) is 12.3. The number of morpholine rings is 1. The van der Waals surface area contributed by atoms with Crippen molar-refractivity contribution in [1.82, 2.24) is 4.98 Å². The molecule has 0 unspecified atom stereocenters. The van der Waals surface area contributed by atoms with Crippen molar-refractivity contribution in [1.29, 1.82) is 0 Å². The molecule has 0 spiro atoms. The van der Waals surface area contributed by atoms with E-state index < -0.39 is 5.97 Å². The van der Waals surface area contributed by atoms with Crippen molar-refractivity contribution >= 4 is 11.8 Å². The minimum Gasteiger partial charge on any atom is -0.478 e. The van der Waals surface area contributed by atoms with Crippen LogP contribution in [0.5, 0.6) is 0 Å². The van der Waals surface area contributed by atoms with E-state index in [1.807, 2.05) is 0 Å². The summed E-state index contributed by atoms with van der Waals surface area (Å²) >= 11 is 0. The lowest BCUT2D eigenvalue weighted by Gasteiger charge is -2.43. The first-order valence-electron chi connectivity index (χ1n) is 7.03. The lowest BCUT2D eigenvalue weighted by molar-refractivity contribution is 0.0637. The molecule has 2 heterocycles. The maximum Gasteiger partial charge on any atom is 0.335 e. The van der Waals surface area contributed by atoms with E-state index in [1.54, 1.807) is 12.1 Å². The van der Waals surface area contributed by atoms with Gasteiger partial charge >= 0.3 is 5.97 Å². The van der Waals surface area contributed by atoms with Gasteiger partial charge in [0.05, 0.1) is 24.3 Å². The number of nitrogens with zero attached hydrogens (tertiary/aromatic N) is 2. The Morgan fingerprint density at radius 1 is 1.50 bits per heavy atom. The molecule has 20 heavy (non-hydrogen) atoms. The van der Waals surface area contributed by atoms with E-state index in [4.69, 9.17) is 4.74 Å². The summed E-state index contributed by atoms with van der Waals surface area (Å²) in [6, 6.07) is 3.33. The summed E-state index contributed by atoms with van der Waals surface area (Å²) in [7, 11) is 0. The number of carbonyl (C=O) groups is 1. The Balaban J connectivity index is 2.41. The van der Waals surface area contributed by atoms with Crippen LogP contribution in [-0.2, 0) is 11.2 Å². The van der Waals surface area contributed by atoms with Gasteiger partial charge in [0, 0.05) is 12.2 Å². The van der Waals surface area contributed by atoms with Crippen molar-refractivity contribution in [2.45, 2.75) is 39.2 Å². The van der Waals surface area contributed by atoms with Crippen LogP contribution >= 0.6 is 0 Å². The van der Waals surface area contributed by atoms with E-state index in [2.05, 4.69) is 30.7 Å². The van der Waals surface area contributed by atoms with Gasteiger partial charge in [-0.1, -0.05) is 13.3 Å². The standard InChI is InChI=1S/C15H22N2O3/c1-4-5-12-8-11(14(18)19)9-13(16-12)17-6-7-20-10-15(17,2)3/h8-9H,4-7,10H2,1-3H3,(H,18,19). The van der Waals surface area contributed by atoms with Gasteiger partial charge in [0.25, 0.3) is 0 Å². The molecule has 1 aliphatic rings. The maximum absolute atomic E-state index is 11.3. The largest absolute Gasteiger partial charge is 0.478 e. The molecular weight excluding hydrogens is 256 g/mol. The molecule has 0 aromatic carbocycles. The molecule has 110 valence electrons. The van der Waals surface area contributed by atoms with E-state index in [9.17, 15) is 9.90 Å². The van der Waals surface area contributed by atoms with Crippen LogP contribution in [0.4, 0.5) is 5.82 Å². The number of carboxylic acids is 1. The first kappa shape index (κ1) is 14.8. The Bertz CT molecular complexity index is 500. The summed E-state index contributed by atoms with van der Waals surface area (Å²) in [5.74, 6) is -0.168. The fourth-order valence-electron chi connectivity index (χ4n) is 2.50. The fourth-order valence-corrected chi connectivity index (χ4v) is 2.50. The molecule has 0 bridgehead atoms. The Labute approximate surface area is 119 Å². The van der Waals surface area contributed by atoms with Gasteiger partial charge in [0.2, 0.25) is 0 Å². The summed E-state index contributed by atoms with van der Waals surface area (Å²) in [6.07, 6.45) is 1.74. The molecule has 0 saturated carbocycles. The number of rotatable bonds is 4. The summed E-state index contributed by atoms with van der Waals surface area (Å²) in [5.41, 5.74) is 0.969. The second kappa shape index (κ2) is 5.79. The Morgan fingerprint density at radius 2 is 2.25 bits per heavy atom. The molecule has 0 amide bonds. The number of anilines is 1. The lowest BCUT2D eigenvalue weighted by atomic mass is 10.0. The van der Waals surface area contributed by atoms with E-state index >= 15 is 0 Å². The van der Waals surface area contributed by atoms with Gasteiger partial charge in [-0.05, 0) is 32.4 Å². The smallest absolute Gasteiger partial charge is 0.335 e. The van der Waals surface area contributed by atoms with E-state index in [1.165, 1.54) is 0 Å². The molecule has 0 aliphatic carbocycles. The highest BCUT2D eigenvalue weighted by Crippen LogP contribution is 2.26. The first-order valence-corrected chi connectivity index (χ1v) is 7.03. The van der Waals surface area contributed by atoms with Crippen LogP contribution in [-0.4, -0.2) is 41.4 Å². The van der Waals surface area contributed by atoms with E-state index in [0.717, 1.165) is 30.9 Å². The van der Waals surface area contributed by atoms with Crippen LogP contribution < -0.4 is 4.90 Å². The summed E-state index contributed by atoms with van der Waals surface area (Å²) in [5, 5.41) is 9.26. The van der Waals surface area contributed by atoms with Gasteiger partial charge in [0.1, 0.15) is 5.82 Å². The third-order valence-electron chi connectivity index (χ3n) is 3.54. The van der Waals surface area contributed by atoms with Crippen molar-refractivity contribution in [3.8, 4) is 0 Å². The van der Waals surface area contributed by atoms with Gasteiger partial charge in [-0.2, -0.15) is 0 Å². The highest BCUT2D eigenvalue weighted by Gasteiger charge is 2.32. The highest BCUT2D eigenvalue weighted by atomic mass is 16.5.